The van der Waals surface area contributed by atoms with Crippen molar-refractivity contribution < 1.29 is 4.39 Å². The van der Waals surface area contributed by atoms with Crippen LogP contribution in [0.5, 0.6) is 0 Å². The third-order valence-electron chi connectivity index (χ3n) is 1.75. The molecule has 3 heteroatoms. The number of aliphatic imine (C=N–C) groups is 1. The predicted octanol–water partition coefficient (Wildman–Crippen LogP) is 2.13. The van der Waals surface area contributed by atoms with Gasteiger partial charge in [0.25, 0.3) is 0 Å². The van der Waals surface area contributed by atoms with Crippen molar-refractivity contribution in [2.45, 2.75) is 26.3 Å². The molecule has 1 rings (SSSR count). The molecule has 0 spiro atoms. The Morgan fingerprint density at radius 1 is 1.43 bits per heavy atom. The lowest BCUT2D eigenvalue weighted by atomic mass is 10.1. The fourth-order valence-corrected chi connectivity index (χ4v) is 1.21. The monoisotopic (exact) mass is 194 g/mol. The van der Waals surface area contributed by atoms with E-state index in [2.05, 4.69) is 4.99 Å². The summed E-state index contributed by atoms with van der Waals surface area (Å²) in [5, 5.41) is 0. The van der Waals surface area contributed by atoms with E-state index >= 15 is 0 Å². The number of benzene rings is 1. The first-order valence-corrected chi connectivity index (χ1v) is 4.65. The molecule has 1 aromatic rings. The van der Waals surface area contributed by atoms with Gasteiger partial charge in [-0.3, -0.25) is 4.99 Å². The van der Waals surface area contributed by atoms with Crippen molar-refractivity contribution in [1.29, 1.82) is 0 Å². The summed E-state index contributed by atoms with van der Waals surface area (Å²) in [5.74, 6) is 0.250. The second kappa shape index (κ2) is 4.74. The molecule has 0 unspecified atom stereocenters. The molecule has 2 nitrogen and oxygen atoms in total. The number of halogens is 1. The second-order valence-electron chi connectivity index (χ2n) is 3.48. The molecule has 1 aromatic carbocycles. The summed E-state index contributed by atoms with van der Waals surface area (Å²) >= 11 is 0. The lowest BCUT2D eigenvalue weighted by molar-refractivity contribution is 0.615. The van der Waals surface area contributed by atoms with Gasteiger partial charge in [0, 0.05) is 12.5 Å². The summed E-state index contributed by atoms with van der Waals surface area (Å²) in [6.07, 6.45) is 0.380. The van der Waals surface area contributed by atoms with Gasteiger partial charge in [0.15, 0.2) is 0 Å². The Labute approximate surface area is 83.7 Å². The van der Waals surface area contributed by atoms with Crippen LogP contribution < -0.4 is 5.73 Å². The summed E-state index contributed by atoms with van der Waals surface area (Å²) in [6, 6.07) is 6.76. The Morgan fingerprint density at radius 3 is 2.64 bits per heavy atom. The minimum absolute atomic E-state index is 0.154. The van der Waals surface area contributed by atoms with Crippen LogP contribution in [0, 0.1) is 5.82 Å². The average molecular weight is 194 g/mol. The van der Waals surface area contributed by atoms with Crippen LogP contribution in [0.3, 0.4) is 0 Å². The molecule has 0 atom stereocenters. The van der Waals surface area contributed by atoms with Crippen LogP contribution >= 0.6 is 0 Å². The molecule has 0 fully saturated rings. The van der Waals surface area contributed by atoms with Crippen molar-refractivity contribution in [3.8, 4) is 0 Å². The highest BCUT2D eigenvalue weighted by molar-refractivity contribution is 5.82. The Bertz CT molecular complexity index is 332. The van der Waals surface area contributed by atoms with Crippen molar-refractivity contribution in [2.24, 2.45) is 10.7 Å². The van der Waals surface area contributed by atoms with Crippen LogP contribution in [0.25, 0.3) is 0 Å². The SMILES string of the molecule is CC(C)N=C(N)Cc1ccccc1F. The molecule has 2 N–H and O–H groups in total. The molecule has 0 aliphatic heterocycles. The van der Waals surface area contributed by atoms with Crippen LogP contribution in [0.4, 0.5) is 4.39 Å². The Kier molecular flexibility index (Phi) is 3.63. The first kappa shape index (κ1) is 10.7. The zero-order chi connectivity index (χ0) is 10.6. The highest BCUT2D eigenvalue weighted by Crippen LogP contribution is 2.07. The quantitative estimate of drug-likeness (QED) is 0.581. The maximum absolute atomic E-state index is 13.2. The minimum atomic E-state index is -0.227. The topological polar surface area (TPSA) is 38.4 Å². The van der Waals surface area contributed by atoms with Gasteiger partial charge in [0.2, 0.25) is 0 Å². The molecule has 0 heterocycles. The second-order valence-corrected chi connectivity index (χ2v) is 3.48. The van der Waals surface area contributed by atoms with E-state index in [1.165, 1.54) is 6.07 Å². The minimum Gasteiger partial charge on any atom is -0.387 e. The zero-order valence-corrected chi connectivity index (χ0v) is 8.50. The Balaban J connectivity index is 2.74. The van der Waals surface area contributed by atoms with E-state index in [0.29, 0.717) is 17.8 Å². The largest absolute Gasteiger partial charge is 0.387 e. The maximum Gasteiger partial charge on any atom is 0.126 e. The first-order chi connectivity index (χ1) is 6.59. The van der Waals surface area contributed by atoms with Gasteiger partial charge in [-0.15, -0.1) is 0 Å². The average Bonchev–Trinajstić information content (AvgIpc) is 2.07. The van der Waals surface area contributed by atoms with E-state index in [1.807, 2.05) is 13.8 Å². The van der Waals surface area contributed by atoms with Crippen molar-refractivity contribution in [1.82, 2.24) is 0 Å². The highest BCUT2D eigenvalue weighted by Gasteiger charge is 2.02. The molecular formula is C11H15FN2. The Morgan fingerprint density at radius 2 is 2.07 bits per heavy atom. The lowest BCUT2D eigenvalue weighted by Gasteiger charge is -2.04. The Hall–Kier alpha value is -1.38. The fraction of sp³-hybridized carbons (Fsp3) is 0.364. The fourth-order valence-electron chi connectivity index (χ4n) is 1.21. The van der Waals surface area contributed by atoms with E-state index in [1.54, 1.807) is 18.2 Å². The van der Waals surface area contributed by atoms with Crippen molar-refractivity contribution in [3.05, 3.63) is 35.6 Å². The number of hydrogen-bond donors (Lipinski definition) is 1. The van der Waals surface area contributed by atoms with Crippen LogP contribution in [0.15, 0.2) is 29.3 Å². The van der Waals surface area contributed by atoms with Gasteiger partial charge in [-0.1, -0.05) is 18.2 Å². The molecule has 0 saturated carbocycles. The molecule has 0 aliphatic rings. The van der Waals surface area contributed by atoms with Crippen LogP contribution in [0.1, 0.15) is 19.4 Å². The van der Waals surface area contributed by atoms with Gasteiger partial charge in [-0.05, 0) is 25.5 Å². The van der Waals surface area contributed by atoms with E-state index in [9.17, 15) is 4.39 Å². The molecule has 76 valence electrons. The molecule has 0 amide bonds. The summed E-state index contributed by atoms with van der Waals surface area (Å²) < 4.78 is 13.2. The molecule has 0 aromatic heterocycles. The third kappa shape index (κ3) is 3.17. The predicted molar refractivity (Wildman–Crippen MR) is 56.9 cm³/mol. The van der Waals surface area contributed by atoms with Crippen LogP contribution in [-0.4, -0.2) is 11.9 Å². The van der Waals surface area contributed by atoms with Gasteiger partial charge >= 0.3 is 0 Å². The van der Waals surface area contributed by atoms with Gasteiger partial charge in [-0.2, -0.15) is 0 Å². The van der Waals surface area contributed by atoms with Gasteiger partial charge in [0.05, 0.1) is 5.84 Å². The van der Waals surface area contributed by atoms with E-state index in [0.717, 1.165) is 0 Å². The maximum atomic E-state index is 13.2. The van der Waals surface area contributed by atoms with Crippen molar-refractivity contribution in [3.63, 3.8) is 0 Å². The number of rotatable bonds is 3. The third-order valence-corrected chi connectivity index (χ3v) is 1.75. The summed E-state index contributed by atoms with van der Waals surface area (Å²) in [4.78, 5) is 4.14. The number of hydrogen-bond acceptors (Lipinski definition) is 1. The molecule has 14 heavy (non-hydrogen) atoms. The molecule has 0 saturated heterocycles. The van der Waals surface area contributed by atoms with Crippen LogP contribution in [-0.2, 0) is 6.42 Å². The summed E-state index contributed by atoms with van der Waals surface area (Å²) in [7, 11) is 0. The number of amidine groups is 1. The lowest BCUT2D eigenvalue weighted by Crippen LogP contribution is -2.17. The normalized spacial score (nSPS) is 12.1. The first-order valence-electron chi connectivity index (χ1n) is 4.65. The summed E-state index contributed by atoms with van der Waals surface area (Å²) in [6.45, 7) is 3.88. The molecular weight excluding hydrogens is 179 g/mol. The summed E-state index contributed by atoms with van der Waals surface area (Å²) in [5.41, 5.74) is 6.25. The number of nitrogens with zero attached hydrogens (tertiary/aromatic N) is 1. The van der Waals surface area contributed by atoms with Gasteiger partial charge in [0.1, 0.15) is 5.82 Å². The molecule has 0 radical (unpaired) electrons. The molecule has 0 aliphatic carbocycles. The van der Waals surface area contributed by atoms with Crippen LogP contribution in [0.2, 0.25) is 0 Å². The number of nitrogens with two attached hydrogens (primary N) is 1. The van der Waals surface area contributed by atoms with E-state index in [-0.39, 0.29) is 11.9 Å². The molecule has 0 bridgehead atoms. The van der Waals surface area contributed by atoms with E-state index < -0.39 is 0 Å². The van der Waals surface area contributed by atoms with Gasteiger partial charge in [-0.25, -0.2) is 4.39 Å². The van der Waals surface area contributed by atoms with Crippen molar-refractivity contribution in [2.75, 3.05) is 0 Å². The smallest absolute Gasteiger partial charge is 0.126 e. The van der Waals surface area contributed by atoms with E-state index in [4.69, 9.17) is 5.73 Å². The zero-order valence-electron chi connectivity index (χ0n) is 8.50. The highest BCUT2D eigenvalue weighted by atomic mass is 19.1. The van der Waals surface area contributed by atoms with Crippen molar-refractivity contribution >= 4 is 5.84 Å². The standard InChI is InChI=1S/C11H15FN2/c1-8(2)14-11(13)7-9-5-3-4-6-10(9)12/h3-6,8H,7H2,1-2H3,(H2,13,14). The van der Waals surface area contributed by atoms with Gasteiger partial charge < -0.3 is 5.73 Å².